The molecule has 0 saturated heterocycles. The number of aryl methyl sites for hydroxylation is 1. The van der Waals surface area contributed by atoms with Crippen molar-refractivity contribution in [3.8, 4) is 0 Å². The summed E-state index contributed by atoms with van der Waals surface area (Å²) in [5, 5.41) is 0. The number of rotatable bonds is 5. The first kappa shape index (κ1) is 14.6. The molecule has 0 amide bonds. The molecule has 0 aliphatic heterocycles. The van der Waals surface area contributed by atoms with E-state index in [-0.39, 0.29) is 12.4 Å². The Balaban J connectivity index is 1.85. The van der Waals surface area contributed by atoms with Gasteiger partial charge in [-0.2, -0.15) is 0 Å². The molecule has 0 fully saturated rings. The van der Waals surface area contributed by atoms with Crippen LogP contribution in [0.1, 0.15) is 15.4 Å². The average Bonchev–Trinajstić information content (AvgIpc) is 3.02. The average molecular weight is 310 g/mol. The Morgan fingerprint density at radius 1 is 1.40 bits per heavy atom. The van der Waals surface area contributed by atoms with Gasteiger partial charge >= 0.3 is 5.97 Å². The first-order chi connectivity index (χ1) is 9.56. The van der Waals surface area contributed by atoms with Crippen LogP contribution in [0, 0.1) is 0 Å². The van der Waals surface area contributed by atoms with Crippen LogP contribution in [0.15, 0.2) is 36.5 Å². The van der Waals surface area contributed by atoms with E-state index >= 15 is 0 Å². The Kier molecular flexibility index (Phi) is 4.76. The fourth-order valence-electron chi connectivity index (χ4n) is 1.52. The normalized spacial score (nSPS) is 10.9. The van der Waals surface area contributed by atoms with E-state index in [4.69, 9.17) is 16.3 Å². The van der Waals surface area contributed by atoms with Crippen LogP contribution in [0.3, 0.4) is 0 Å². The number of carbonyl (C=O) groups is 2. The number of thiophene rings is 1. The lowest BCUT2D eigenvalue weighted by Crippen LogP contribution is -2.11. The molecule has 0 unspecified atom stereocenters. The zero-order valence-corrected chi connectivity index (χ0v) is 12.3. The van der Waals surface area contributed by atoms with Crippen molar-refractivity contribution < 1.29 is 14.3 Å². The summed E-state index contributed by atoms with van der Waals surface area (Å²) in [6.45, 7) is -0.285. The third kappa shape index (κ3) is 3.82. The molecular formula is C14H12ClNO3S. The Bertz CT molecular complexity index is 657. The molecule has 4 nitrogen and oxygen atoms in total. The van der Waals surface area contributed by atoms with Crippen molar-refractivity contribution in [2.45, 2.75) is 0 Å². The summed E-state index contributed by atoms with van der Waals surface area (Å²) in [5.74, 6) is -0.815. The number of aromatic nitrogens is 1. The third-order valence-electron chi connectivity index (χ3n) is 2.57. The van der Waals surface area contributed by atoms with Gasteiger partial charge in [-0.25, -0.2) is 4.79 Å². The van der Waals surface area contributed by atoms with Crippen LogP contribution in [-0.2, 0) is 16.6 Å². The topological polar surface area (TPSA) is 48.3 Å². The van der Waals surface area contributed by atoms with Gasteiger partial charge in [0.1, 0.15) is 0 Å². The highest BCUT2D eigenvalue weighted by Gasteiger charge is 2.10. The van der Waals surface area contributed by atoms with E-state index in [9.17, 15) is 9.59 Å². The minimum atomic E-state index is -0.554. The molecule has 2 aromatic rings. The maximum absolute atomic E-state index is 11.7. The van der Waals surface area contributed by atoms with E-state index in [0.29, 0.717) is 9.21 Å². The van der Waals surface area contributed by atoms with Gasteiger partial charge in [-0.3, -0.25) is 4.79 Å². The summed E-state index contributed by atoms with van der Waals surface area (Å²) in [7, 11) is 1.87. The van der Waals surface area contributed by atoms with E-state index < -0.39 is 5.97 Å². The standard InChI is InChI=1S/C14H12ClNO3S/c1-16-8-2-3-10(16)4-7-14(18)19-9-11(17)12-5-6-13(15)20-12/h2-8H,9H2,1H3. The van der Waals surface area contributed by atoms with Crippen molar-refractivity contribution in [1.29, 1.82) is 0 Å². The summed E-state index contributed by atoms with van der Waals surface area (Å²) in [6, 6.07) is 6.98. The van der Waals surface area contributed by atoms with E-state index in [0.717, 1.165) is 17.0 Å². The van der Waals surface area contributed by atoms with Gasteiger partial charge in [-0.05, 0) is 30.3 Å². The SMILES string of the molecule is Cn1cccc1C=CC(=O)OCC(=O)c1ccc(Cl)s1. The largest absolute Gasteiger partial charge is 0.454 e. The summed E-state index contributed by atoms with van der Waals surface area (Å²) >= 11 is 6.90. The number of ketones is 1. The van der Waals surface area contributed by atoms with E-state index in [1.165, 1.54) is 6.08 Å². The van der Waals surface area contributed by atoms with Crippen molar-refractivity contribution in [2.75, 3.05) is 6.61 Å². The number of nitrogens with zero attached hydrogens (tertiary/aromatic N) is 1. The maximum Gasteiger partial charge on any atom is 0.331 e. The van der Waals surface area contributed by atoms with Crippen LogP contribution in [0.2, 0.25) is 4.34 Å². The lowest BCUT2D eigenvalue weighted by molar-refractivity contribution is -0.136. The van der Waals surface area contributed by atoms with Crippen molar-refractivity contribution in [3.05, 3.63) is 51.4 Å². The minimum absolute atomic E-state index is 0.262. The molecule has 0 aromatic carbocycles. The van der Waals surface area contributed by atoms with Crippen molar-refractivity contribution in [2.24, 2.45) is 7.05 Å². The number of hydrogen-bond acceptors (Lipinski definition) is 4. The molecule has 0 radical (unpaired) electrons. The van der Waals surface area contributed by atoms with Crippen LogP contribution in [0.5, 0.6) is 0 Å². The molecule has 0 aliphatic carbocycles. The molecular weight excluding hydrogens is 298 g/mol. The number of ether oxygens (including phenoxy) is 1. The van der Waals surface area contributed by atoms with Crippen LogP contribution >= 0.6 is 22.9 Å². The van der Waals surface area contributed by atoms with Crippen LogP contribution in [-0.4, -0.2) is 22.9 Å². The quantitative estimate of drug-likeness (QED) is 0.484. The second kappa shape index (κ2) is 6.54. The number of hydrogen-bond donors (Lipinski definition) is 0. The van der Waals surface area contributed by atoms with Gasteiger partial charge < -0.3 is 9.30 Å². The Labute approximate surface area is 125 Å². The second-order valence-electron chi connectivity index (χ2n) is 4.01. The fraction of sp³-hybridized carbons (Fsp3) is 0.143. The van der Waals surface area contributed by atoms with Crippen LogP contribution in [0.4, 0.5) is 0 Å². The Hall–Kier alpha value is -1.85. The molecule has 104 valence electrons. The Morgan fingerprint density at radius 3 is 2.80 bits per heavy atom. The van der Waals surface area contributed by atoms with Gasteiger partial charge in [0.15, 0.2) is 6.61 Å². The Morgan fingerprint density at radius 2 is 2.20 bits per heavy atom. The molecule has 0 saturated carbocycles. The zero-order chi connectivity index (χ0) is 14.5. The number of Topliss-reactive ketones (excluding diaryl/α,β-unsaturated/α-hetero) is 1. The molecule has 0 bridgehead atoms. The van der Waals surface area contributed by atoms with Gasteiger partial charge in [0.2, 0.25) is 5.78 Å². The molecule has 2 rings (SSSR count). The zero-order valence-electron chi connectivity index (χ0n) is 10.7. The molecule has 20 heavy (non-hydrogen) atoms. The van der Waals surface area contributed by atoms with Gasteiger partial charge in [0, 0.05) is 25.0 Å². The highest BCUT2D eigenvalue weighted by molar-refractivity contribution is 7.18. The highest BCUT2D eigenvalue weighted by Crippen LogP contribution is 2.21. The predicted octanol–water partition coefficient (Wildman–Crippen LogP) is 3.18. The molecule has 2 heterocycles. The molecule has 0 atom stereocenters. The maximum atomic E-state index is 11.7. The third-order valence-corrected chi connectivity index (χ3v) is 3.84. The minimum Gasteiger partial charge on any atom is -0.454 e. The van der Waals surface area contributed by atoms with Crippen LogP contribution in [0.25, 0.3) is 6.08 Å². The van der Waals surface area contributed by atoms with Crippen molar-refractivity contribution >= 4 is 40.8 Å². The highest BCUT2D eigenvalue weighted by atomic mass is 35.5. The van der Waals surface area contributed by atoms with E-state index in [1.54, 1.807) is 18.2 Å². The first-order valence-electron chi connectivity index (χ1n) is 5.81. The second-order valence-corrected chi connectivity index (χ2v) is 5.73. The summed E-state index contributed by atoms with van der Waals surface area (Å²) < 4.78 is 7.28. The predicted molar refractivity (Wildman–Crippen MR) is 79.1 cm³/mol. The first-order valence-corrected chi connectivity index (χ1v) is 7.00. The molecule has 2 aromatic heterocycles. The molecule has 0 N–H and O–H groups in total. The van der Waals surface area contributed by atoms with E-state index in [1.807, 2.05) is 29.9 Å². The van der Waals surface area contributed by atoms with Gasteiger partial charge in [0.05, 0.1) is 9.21 Å². The summed E-state index contributed by atoms with van der Waals surface area (Å²) in [5.41, 5.74) is 0.873. The van der Waals surface area contributed by atoms with Gasteiger partial charge in [-0.1, -0.05) is 11.6 Å². The number of esters is 1. The van der Waals surface area contributed by atoms with Gasteiger partial charge in [-0.15, -0.1) is 11.3 Å². The smallest absolute Gasteiger partial charge is 0.331 e. The van der Waals surface area contributed by atoms with Crippen LogP contribution < -0.4 is 0 Å². The molecule has 0 spiro atoms. The molecule has 6 heteroatoms. The lowest BCUT2D eigenvalue weighted by atomic mass is 10.3. The lowest BCUT2D eigenvalue weighted by Gasteiger charge is -2.00. The molecule has 0 aliphatic rings. The monoisotopic (exact) mass is 309 g/mol. The number of halogens is 1. The van der Waals surface area contributed by atoms with E-state index in [2.05, 4.69) is 0 Å². The summed E-state index contributed by atoms with van der Waals surface area (Å²) in [4.78, 5) is 23.7. The number of carbonyl (C=O) groups excluding carboxylic acids is 2. The van der Waals surface area contributed by atoms with Crippen molar-refractivity contribution in [1.82, 2.24) is 4.57 Å². The summed E-state index contributed by atoms with van der Waals surface area (Å²) in [6.07, 6.45) is 4.80. The fourth-order valence-corrected chi connectivity index (χ4v) is 2.49. The van der Waals surface area contributed by atoms with Crippen molar-refractivity contribution in [3.63, 3.8) is 0 Å². The van der Waals surface area contributed by atoms with Gasteiger partial charge in [0.25, 0.3) is 0 Å².